The summed E-state index contributed by atoms with van der Waals surface area (Å²) in [5.41, 5.74) is 0.225. The highest BCUT2D eigenvalue weighted by atomic mass is 16.2. The summed E-state index contributed by atoms with van der Waals surface area (Å²) >= 11 is 0. The number of hydrogen-bond donors (Lipinski definition) is 2. The molecule has 0 spiro atoms. The van der Waals surface area contributed by atoms with Crippen LogP contribution < -0.4 is 10.6 Å². The normalized spacial score (nSPS) is 23.3. The van der Waals surface area contributed by atoms with E-state index in [1.165, 1.54) is 0 Å². The predicted octanol–water partition coefficient (Wildman–Crippen LogP) is 0.855. The van der Waals surface area contributed by atoms with Crippen LogP contribution in [-0.4, -0.2) is 23.3 Å². The van der Waals surface area contributed by atoms with Gasteiger partial charge in [0.25, 0.3) is 0 Å². The molecule has 2 N–H and O–H groups in total. The minimum Gasteiger partial charge on any atom is -0.355 e. The Morgan fingerprint density at radius 2 is 2.35 bits per heavy atom. The van der Waals surface area contributed by atoms with Crippen molar-refractivity contribution in [3.8, 4) is 0 Å². The van der Waals surface area contributed by atoms with Crippen LogP contribution in [0.4, 0.5) is 5.82 Å². The van der Waals surface area contributed by atoms with Gasteiger partial charge < -0.3 is 10.6 Å². The zero-order chi connectivity index (χ0) is 12.5. The average molecular weight is 233 g/mol. The maximum atomic E-state index is 12.1. The summed E-state index contributed by atoms with van der Waals surface area (Å²) in [6, 6.07) is 3.69. The number of rotatable bonds is 2. The quantitative estimate of drug-likeness (QED) is 0.795. The van der Waals surface area contributed by atoms with E-state index in [1.807, 2.05) is 19.1 Å². The molecule has 17 heavy (non-hydrogen) atoms. The number of carbonyl (C=O) groups is 2. The standard InChI is InChI=1S/C12H15N3O2/c1-8-4-3-5-13-10(8)15-11(17)12(2)6-9(16)14-7-12/h3-5H,6-7H2,1-2H3,(H,14,16)(H,13,15,17). The van der Waals surface area contributed by atoms with E-state index in [0.29, 0.717) is 12.4 Å². The van der Waals surface area contributed by atoms with Gasteiger partial charge in [-0.2, -0.15) is 0 Å². The molecule has 1 saturated heterocycles. The van der Waals surface area contributed by atoms with Crippen molar-refractivity contribution in [1.29, 1.82) is 0 Å². The fraction of sp³-hybridized carbons (Fsp3) is 0.417. The highest BCUT2D eigenvalue weighted by molar-refractivity contribution is 5.99. The van der Waals surface area contributed by atoms with Crippen LogP contribution in [0, 0.1) is 12.3 Å². The molecular weight excluding hydrogens is 218 g/mol. The van der Waals surface area contributed by atoms with Gasteiger partial charge in [-0.15, -0.1) is 0 Å². The van der Waals surface area contributed by atoms with Gasteiger partial charge in [0, 0.05) is 19.2 Å². The molecule has 0 aromatic carbocycles. The molecule has 0 radical (unpaired) electrons. The van der Waals surface area contributed by atoms with Gasteiger partial charge in [-0.3, -0.25) is 9.59 Å². The number of amides is 2. The van der Waals surface area contributed by atoms with Gasteiger partial charge >= 0.3 is 0 Å². The molecule has 1 unspecified atom stereocenters. The van der Waals surface area contributed by atoms with Crippen LogP contribution in [0.1, 0.15) is 18.9 Å². The van der Waals surface area contributed by atoms with E-state index in [-0.39, 0.29) is 18.2 Å². The summed E-state index contributed by atoms with van der Waals surface area (Å²) < 4.78 is 0. The first kappa shape index (κ1) is 11.6. The molecule has 1 aromatic rings. The number of nitrogens with zero attached hydrogens (tertiary/aromatic N) is 1. The van der Waals surface area contributed by atoms with Gasteiger partial charge in [0.2, 0.25) is 11.8 Å². The second-order valence-corrected chi connectivity index (χ2v) is 4.64. The molecular formula is C12H15N3O2. The van der Waals surface area contributed by atoms with Crippen molar-refractivity contribution < 1.29 is 9.59 Å². The number of carbonyl (C=O) groups excluding carboxylic acids is 2. The molecule has 90 valence electrons. The first-order chi connectivity index (χ1) is 8.01. The van der Waals surface area contributed by atoms with Crippen molar-refractivity contribution in [2.75, 3.05) is 11.9 Å². The van der Waals surface area contributed by atoms with Gasteiger partial charge in [-0.1, -0.05) is 6.07 Å². The predicted molar refractivity (Wildman–Crippen MR) is 63.3 cm³/mol. The molecule has 1 aliphatic heterocycles. The van der Waals surface area contributed by atoms with Crippen LogP contribution in [0.2, 0.25) is 0 Å². The highest BCUT2D eigenvalue weighted by Gasteiger charge is 2.40. The number of nitrogens with one attached hydrogen (secondary N) is 2. The molecule has 2 rings (SSSR count). The van der Waals surface area contributed by atoms with Crippen LogP contribution in [0.3, 0.4) is 0 Å². The molecule has 0 aliphatic carbocycles. The first-order valence-electron chi connectivity index (χ1n) is 5.51. The van der Waals surface area contributed by atoms with E-state index in [2.05, 4.69) is 15.6 Å². The first-order valence-corrected chi connectivity index (χ1v) is 5.51. The van der Waals surface area contributed by atoms with E-state index >= 15 is 0 Å². The lowest BCUT2D eigenvalue weighted by Gasteiger charge is -2.20. The van der Waals surface area contributed by atoms with Crippen molar-refractivity contribution >= 4 is 17.6 Å². The lowest BCUT2D eigenvalue weighted by atomic mass is 9.88. The van der Waals surface area contributed by atoms with Gasteiger partial charge in [-0.05, 0) is 25.5 Å². The van der Waals surface area contributed by atoms with E-state index in [0.717, 1.165) is 5.56 Å². The number of anilines is 1. The monoisotopic (exact) mass is 233 g/mol. The van der Waals surface area contributed by atoms with Crippen LogP contribution in [0.25, 0.3) is 0 Å². The topological polar surface area (TPSA) is 71.1 Å². The Kier molecular flexibility index (Phi) is 2.83. The third-order valence-electron chi connectivity index (χ3n) is 3.02. The van der Waals surface area contributed by atoms with Crippen LogP contribution in [0.15, 0.2) is 18.3 Å². The Labute approximate surface area is 99.6 Å². The summed E-state index contributed by atoms with van der Waals surface area (Å²) in [4.78, 5) is 27.4. The third-order valence-corrected chi connectivity index (χ3v) is 3.02. The fourth-order valence-corrected chi connectivity index (χ4v) is 1.81. The molecule has 1 fully saturated rings. The lowest BCUT2D eigenvalue weighted by Crippen LogP contribution is -2.35. The maximum Gasteiger partial charge on any atom is 0.233 e. The van der Waals surface area contributed by atoms with Gasteiger partial charge in [-0.25, -0.2) is 4.98 Å². The summed E-state index contributed by atoms with van der Waals surface area (Å²) in [6.45, 7) is 4.03. The number of hydrogen-bond acceptors (Lipinski definition) is 3. The average Bonchev–Trinajstić information content (AvgIpc) is 2.63. The molecule has 0 bridgehead atoms. The van der Waals surface area contributed by atoms with Crippen molar-refractivity contribution in [1.82, 2.24) is 10.3 Å². The Morgan fingerprint density at radius 1 is 1.59 bits per heavy atom. The van der Waals surface area contributed by atoms with Crippen molar-refractivity contribution in [2.45, 2.75) is 20.3 Å². The Morgan fingerprint density at radius 3 is 2.94 bits per heavy atom. The van der Waals surface area contributed by atoms with Crippen molar-refractivity contribution in [3.63, 3.8) is 0 Å². The largest absolute Gasteiger partial charge is 0.355 e. The molecule has 2 amide bonds. The molecule has 1 atom stereocenters. The Bertz CT molecular complexity index is 473. The zero-order valence-electron chi connectivity index (χ0n) is 9.91. The lowest BCUT2D eigenvalue weighted by molar-refractivity contribution is -0.126. The molecule has 1 aromatic heterocycles. The number of aromatic nitrogens is 1. The summed E-state index contributed by atoms with van der Waals surface area (Å²) in [5.74, 6) is 0.302. The van der Waals surface area contributed by atoms with Crippen molar-refractivity contribution in [3.05, 3.63) is 23.9 Å². The second kappa shape index (κ2) is 4.16. The highest BCUT2D eigenvalue weighted by Crippen LogP contribution is 2.27. The second-order valence-electron chi connectivity index (χ2n) is 4.64. The summed E-state index contributed by atoms with van der Waals surface area (Å²) in [5, 5.41) is 5.44. The molecule has 1 aliphatic rings. The fourth-order valence-electron chi connectivity index (χ4n) is 1.81. The van der Waals surface area contributed by atoms with E-state index < -0.39 is 5.41 Å². The SMILES string of the molecule is Cc1cccnc1NC(=O)C1(C)CNC(=O)C1. The smallest absolute Gasteiger partial charge is 0.233 e. The third kappa shape index (κ3) is 2.27. The van der Waals surface area contributed by atoms with Gasteiger partial charge in [0.1, 0.15) is 5.82 Å². The Hall–Kier alpha value is -1.91. The number of pyridine rings is 1. The molecule has 2 heterocycles. The minimum atomic E-state index is -0.680. The van der Waals surface area contributed by atoms with E-state index in [9.17, 15) is 9.59 Å². The van der Waals surface area contributed by atoms with E-state index in [4.69, 9.17) is 0 Å². The summed E-state index contributed by atoms with van der Waals surface area (Å²) in [6.07, 6.45) is 1.85. The number of aryl methyl sites for hydroxylation is 1. The molecule has 5 nitrogen and oxygen atoms in total. The molecule has 0 saturated carbocycles. The zero-order valence-corrected chi connectivity index (χ0v) is 9.91. The minimum absolute atomic E-state index is 0.0830. The van der Waals surface area contributed by atoms with Crippen LogP contribution in [-0.2, 0) is 9.59 Å². The van der Waals surface area contributed by atoms with Crippen LogP contribution >= 0.6 is 0 Å². The molecule has 5 heteroatoms. The van der Waals surface area contributed by atoms with Gasteiger partial charge in [0.05, 0.1) is 5.41 Å². The van der Waals surface area contributed by atoms with Crippen molar-refractivity contribution in [2.24, 2.45) is 5.41 Å². The summed E-state index contributed by atoms with van der Waals surface area (Å²) in [7, 11) is 0. The van der Waals surface area contributed by atoms with E-state index in [1.54, 1.807) is 13.1 Å². The maximum absolute atomic E-state index is 12.1. The van der Waals surface area contributed by atoms with Crippen LogP contribution in [0.5, 0.6) is 0 Å². The van der Waals surface area contributed by atoms with Gasteiger partial charge in [0.15, 0.2) is 0 Å². The Balaban J connectivity index is 2.12.